The highest BCUT2D eigenvalue weighted by Gasteiger charge is 2.07. The Morgan fingerprint density at radius 3 is 2.00 bits per heavy atom. The number of hydrogen-bond acceptors (Lipinski definition) is 1. The van der Waals surface area contributed by atoms with Gasteiger partial charge in [0.05, 0.1) is 0 Å². The van der Waals surface area contributed by atoms with Crippen molar-refractivity contribution in [3.05, 3.63) is 6.92 Å². The van der Waals surface area contributed by atoms with Crippen molar-refractivity contribution in [3.63, 3.8) is 0 Å². The van der Waals surface area contributed by atoms with Crippen LogP contribution in [0.25, 0.3) is 0 Å². The molecule has 0 N–H and O–H groups in total. The van der Waals surface area contributed by atoms with Gasteiger partial charge in [-0.1, -0.05) is 6.92 Å². The van der Waals surface area contributed by atoms with E-state index in [2.05, 4.69) is 6.92 Å². The van der Waals surface area contributed by atoms with E-state index in [-0.39, 0.29) is 11.8 Å². The Hall–Kier alpha value is -0.530. The SMILES string of the molecule is [CH2]C(C)C(=O)N(C)C. The Kier molecular flexibility index (Phi) is 2.52. The number of carbonyl (C=O) groups excluding carboxylic acids is 1. The maximum absolute atomic E-state index is 10.7. The summed E-state index contributed by atoms with van der Waals surface area (Å²) in [6, 6.07) is 0. The van der Waals surface area contributed by atoms with Crippen molar-refractivity contribution in [2.45, 2.75) is 6.92 Å². The lowest BCUT2D eigenvalue weighted by Gasteiger charge is -2.11. The zero-order chi connectivity index (χ0) is 6.73. The molecule has 0 bridgehead atoms. The maximum atomic E-state index is 10.7. The third-order valence-corrected chi connectivity index (χ3v) is 0.862. The van der Waals surface area contributed by atoms with Crippen LogP contribution in [0, 0.1) is 12.8 Å². The van der Waals surface area contributed by atoms with E-state index in [0.717, 1.165) is 0 Å². The lowest BCUT2D eigenvalue weighted by molar-refractivity contribution is -0.131. The second kappa shape index (κ2) is 2.70. The van der Waals surface area contributed by atoms with Crippen LogP contribution in [0.15, 0.2) is 0 Å². The average Bonchev–Trinajstić information content (AvgIpc) is 1.64. The molecule has 0 heterocycles. The van der Waals surface area contributed by atoms with E-state index in [1.807, 2.05) is 0 Å². The molecular formula is C6H12NO. The number of carbonyl (C=O) groups is 1. The van der Waals surface area contributed by atoms with E-state index in [1.165, 1.54) is 4.90 Å². The number of hydrogen-bond donors (Lipinski definition) is 0. The van der Waals surface area contributed by atoms with Gasteiger partial charge in [0.2, 0.25) is 5.91 Å². The zero-order valence-electron chi connectivity index (χ0n) is 5.64. The van der Waals surface area contributed by atoms with Gasteiger partial charge in [-0.3, -0.25) is 4.79 Å². The van der Waals surface area contributed by atoms with Gasteiger partial charge in [-0.05, 0) is 6.92 Å². The van der Waals surface area contributed by atoms with Crippen LogP contribution in [-0.2, 0) is 4.79 Å². The van der Waals surface area contributed by atoms with E-state index in [4.69, 9.17) is 0 Å². The molecule has 2 heteroatoms. The molecule has 0 aromatic carbocycles. The van der Waals surface area contributed by atoms with Gasteiger partial charge in [-0.15, -0.1) is 0 Å². The van der Waals surface area contributed by atoms with E-state index >= 15 is 0 Å². The summed E-state index contributed by atoms with van der Waals surface area (Å²) in [5, 5.41) is 0. The van der Waals surface area contributed by atoms with Crippen LogP contribution in [0.1, 0.15) is 6.92 Å². The summed E-state index contributed by atoms with van der Waals surface area (Å²) in [7, 11) is 3.45. The third-order valence-electron chi connectivity index (χ3n) is 0.862. The molecule has 0 aliphatic rings. The highest BCUT2D eigenvalue weighted by atomic mass is 16.2. The first-order valence-electron chi connectivity index (χ1n) is 2.60. The van der Waals surface area contributed by atoms with Crippen LogP contribution in [0.3, 0.4) is 0 Å². The second-order valence-corrected chi connectivity index (χ2v) is 2.13. The van der Waals surface area contributed by atoms with E-state index in [1.54, 1.807) is 21.0 Å². The maximum Gasteiger partial charge on any atom is 0.224 e. The summed E-state index contributed by atoms with van der Waals surface area (Å²) in [6.07, 6.45) is 0. The van der Waals surface area contributed by atoms with Gasteiger partial charge >= 0.3 is 0 Å². The van der Waals surface area contributed by atoms with Crippen LogP contribution < -0.4 is 0 Å². The third kappa shape index (κ3) is 1.96. The van der Waals surface area contributed by atoms with Gasteiger partial charge < -0.3 is 4.90 Å². The van der Waals surface area contributed by atoms with Crippen LogP contribution in [0.2, 0.25) is 0 Å². The molecule has 0 aromatic heterocycles. The summed E-state index contributed by atoms with van der Waals surface area (Å²) in [5.41, 5.74) is 0. The van der Waals surface area contributed by atoms with Crippen LogP contribution in [-0.4, -0.2) is 24.9 Å². The molecule has 47 valence electrons. The van der Waals surface area contributed by atoms with Crippen LogP contribution in [0.4, 0.5) is 0 Å². The Bertz CT molecular complexity index is 76.5. The smallest absolute Gasteiger partial charge is 0.224 e. The molecular weight excluding hydrogens is 102 g/mol. The lowest BCUT2D eigenvalue weighted by atomic mass is 10.2. The topological polar surface area (TPSA) is 20.3 Å². The molecule has 8 heavy (non-hydrogen) atoms. The first kappa shape index (κ1) is 7.47. The number of amides is 1. The molecule has 1 unspecified atom stereocenters. The molecule has 0 rings (SSSR count). The summed E-state index contributed by atoms with van der Waals surface area (Å²) in [4.78, 5) is 12.2. The van der Waals surface area contributed by atoms with Crippen molar-refractivity contribution >= 4 is 5.91 Å². The zero-order valence-corrected chi connectivity index (χ0v) is 5.64. The Morgan fingerprint density at radius 2 is 2.00 bits per heavy atom. The molecule has 0 saturated heterocycles. The fourth-order valence-corrected chi connectivity index (χ4v) is 0.441. The predicted octanol–water partition coefficient (Wildman–Crippen LogP) is 0.545. The fourth-order valence-electron chi connectivity index (χ4n) is 0.441. The second-order valence-electron chi connectivity index (χ2n) is 2.13. The minimum absolute atomic E-state index is 0.0741. The number of nitrogens with zero attached hydrogens (tertiary/aromatic N) is 1. The van der Waals surface area contributed by atoms with Crippen molar-refractivity contribution in [2.24, 2.45) is 5.92 Å². The minimum atomic E-state index is -0.120. The van der Waals surface area contributed by atoms with Crippen molar-refractivity contribution in [3.8, 4) is 0 Å². The molecule has 0 saturated carbocycles. The quantitative estimate of drug-likeness (QED) is 0.487. The first-order chi connectivity index (χ1) is 3.55. The van der Waals surface area contributed by atoms with Gasteiger partial charge in [0.25, 0.3) is 0 Å². The minimum Gasteiger partial charge on any atom is -0.349 e. The van der Waals surface area contributed by atoms with E-state index in [9.17, 15) is 4.79 Å². The van der Waals surface area contributed by atoms with Crippen LogP contribution >= 0.6 is 0 Å². The van der Waals surface area contributed by atoms with Gasteiger partial charge in [-0.2, -0.15) is 0 Å². The molecule has 1 radical (unpaired) electrons. The molecule has 2 nitrogen and oxygen atoms in total. The summed E-state index contributed by atoms with van der Waals surface area (Å²) in [5.74, 6) is -0.0463. The Labute approximate surface area is 50.5 Å². The molecule has 1 amide bonds. The molecule has 0 aromatic rings. The summed E-state index contributed by atoms with van der Waals surface area (Å²) >= 11 is 0. The van der Waals surface area contributed by atoms with Gasteiger partial charge in [0, 0.05) is 20.0 Å². The van der Waals surface area contributed by atoms with E-state index in [0.29, 0.717) is 0 Å². The van der Waals surface area contributed by atoms with Crippen molar-refractivity contribution in [1.29, 1.82) is 0 Å². The van der Waals surface area contributed by atoms with Gasteiger partial charge in [0.15, 0.2) is 0 Å². The number of rotatable bonds is 1. The Morgan fingerprint density at radius 1 is 1.62 bits per heavy atom. The van der Waals surface area contributed by atoms with Crippen molar-refractivity contribution < 1.29 is 4.79 Å². The predicted molar refractivity (Wildman–Crippen MR) is 33.2 cm³/mol. The van der Waals surface area contributed by atoms with Crippen LogP contribution in [0.5, 0.6) is 0 Å². The lowest BCUT2D eigenvalue weighted by Crippen LogP contribution is -2.26. The molecule has 0 fully saturated rings. The fraction of sp³-hybridized carbons (Fsp3) is 0.667. The van der Waals surface area contributed by atoms with Gasteiger partial charge in [0.1, 0.15) is 0 Å². The molecule has 0 aliphatic heterocycles. The highest BCUT2D eigenvalue weighted by Crippen LogP contribution is 1.93. The van der Waals surface area contributed by atoms with Crippen molar-refractivity contribution in [2.75, 3.05) is 14.1 Å². The molecule has 0 aliphatic carbocycles. The van der Waals surface area contributed by atoms with Gasteiger partial charge in [-0.25, -0.2) is 0 Å². The average molecular weight is 114 g/mol. The van der Waals surface area contributed by atoms with Crippen molar-refractivity contribution in [1.82, 2.24) is 4.90 Å². The van der Waals surface area contributed by atoms with E-state index < -0.39 is 0 Å². The largest absolute Gasteiger partial charge is 0.349 e. The highest BCUT2D eigenvalue weighted by molar-refractivity contribution is 5.78. The monoisotopic (exact) mass is 114 g/mol. The first-order valence-corrected chi connectivity index (χ1v) is 2.60. The summed E-state index contributed by atoms with van der Waals surface area (Å²) in [6.45, 7) is 5.35. The summed E-state index contributed by atoms with van der Waals surface area (Å²) < 4.78 is 0. The standard InChI is InChI=1S/C6H12NO/c1-5(2)6(8)7(3)4/h5H,1H2,2-4H3. The normalized spacial score (nSPS) is 9.62. The molecule has 1 atom stereocenters. The molecule has 0 spiro atoms. The Balaban J connectivity index is 3.65.